The summed E-state index contributed by atoms with van der Waals surface area (Å²) in [6.07, 6.45) is 8.47. The zero-order valence-corrected chi connectivity index (χ0v) is 10.7. The standard InChI is InChI=1S/C14H18.C2H6/c1-2-6-12-7-5-10-13-8-3-4-9-14(13)11-12;1-2/h2-4,8-9,12H,1,5-7,10-11H2;1-2H3. The highest BCUT2D eigenvalue weighted by Crippen LogP contribution is 2.26. The maximum Gasteiger partial charge on any atom is -0.0245 e. The van der Waals surface area contributed by atoms with Gasteiger partial charge in [-0.1, -0.05) is 44.2 Å². The summed E-state index contributed by atoms with van der Waals surface area (Å²) in [7, 11) is 0. The summed E-state index contributed by atoms with van der Waals surface area (Å²) < 4.78 is 0. The number of hydrogen-bond acceptors (Lipinski definition) is 0. The Morgan fingerprint density at radius 2 is 1.94 bits per heavy atom. The van der Waals surface area contributed by atoms with E-state index < -0.39 is 0 Å². The predicted octanol–water partition coefficient (Wildman–Crippen LogP) is 4.78. The predicted molar refractivity (Wildman–Crippen MR) is 72.7 cm³/mol. The molecule has 1 unspecified atom stereocenters. The van der Waals surface area contributed by atoms with E-state index in [1.807, 2.05) is 13.8 Å². The van der Waals surface area contributed by atoms with Crippen molar-refractivity contribution in [2.45, 2.75) is 46.0 Å². The summed E-state index contributed by atoms with van der Waals surface area (Å²) in [5.74, 6) is 0.830. The van der Waals surface area contributed by atoms with Gasteiger partial charge in [0.25, 0.3) is 0 Å². The van der Waals surface area contributed by atoms with Gasteiger partial charge in [0.05, 0.1) is 0 Å². The Morgan fingerprint density at radius 3 is 2.62 bits per heavy atom. The monoisotopic (exact) mass is 216 g/mol. The first kappa shape index (κ1) is 13.0. The molecule has 0 amide bonds. The third-order valence-corrected chi connectivity index (χ3v) is 3.19. The zero-order valence-electron chi connectivity index (χ0n) is 10.7. The second-order valence-electron chi connectivity index (χ2n) is 4.26. The molecule has 0 heteroatoms. The van der Waals surface area contributed by atoms with Gasteiger partial charge >= 0.3 is 0 Å². The van der Waals surface area contributed by atoms with Crippen LogP contribution in [0.4, 0.5) is 0 Å². The van der Waals surface area contributed by atoms with E-state index in [1.54, 1.807) is 11.1 Å². The minimum atomic E-state index is 0.830. The van der Waals surface area contributed by atoms with Crippen molar-refractivity contribution in [3.63, 3.8) is 0 Å². The summed E-state index contributed by atoms with van der Waals surface area (Å²) in [4.78, 5) is 0. The Kier molecular flexibility index (Phi) is 5.92. The van der Waals surface area contributed by atoms with Gasteiger partial charge in [-0.3, -0.25) is 0 Å². The fourth-order valence-electron chi connectivity index (χ4n) is 2.43. The number of hydrogen-bond donors (Lipinski definition) is 0. The van der Waals surface area contributed by atoms with Crippen LogP contribution in [0.2, 0.25) is 0 Å². The lowest BCUT2D eigenvalue weighted by molar-refractivity contribution is 0.487. The van der Waals surface area contributed by atoms with E-state index in [2.05, 4.69) is 36.9 Å². The maximum atomic E-state index is 3.84. The number of aryl methyl sites for hydroxylation is 1. The molecule has 0 nitrogen and oxygen atoms in total. The largest absolute Gasteiger partial charge is 0.103 e. The number of rotatable bonds is 2. The summed E-state index contributed by atoms with van der Waals surface area (Å²) in [5, 5.41) is 0. The fraction of sp³-hybridized carbons (Fsp3) is 0.500. The summed E-state index contributed by atoms with van der Waals surface area (Å²) in [5.41, 5.74) is 3.14. The van der Waals surface area contributed by atoms with Gasteiger partial charge in [0.15, 0.2) is 0 Å². The molecule has 0 aromatic heterocycles. The van der Waals surface area contributed by atoms with Crippen LogP contribution >= 0.6 is 0 Å². The zero-order chi connectivity index (χ0) is 11.8. The van der Waals surface area contributed by atoms with Crippen molar-refractivity contribution in [1.29, 1.82) is 0 Å². The molecule has 1 atom stereocenters. The molecule has 88 valence electrons. The van der Waals surface area contributed by atoms with Crippen LogP contribution in [0.3, 0.4) is 0 Å². The van der Waals surface area contributed by atoms with E-state index in [9.17, 15) is 0 Å². The van der Waals surface area contributed by atoms with Gasteiger partial charge < -0.3 is 0 Å². The molecule has 0 spiro atoms. The number of benzene rings is 1. The molecule has 0 fully saturated rings. The molecule has 0 radical (unpaired) electrons. The van der Waals surface area contributed by atoms with Gasteiger partial charge in [-0.2, -0.15) is 0 Å². The number of fused-ring (bicyclic) bond motifs is 1. The van der Waals surface area contributed by atoms with Crippen LogP contribution in [-0.4, -0.2) is 0 Å². The molecule has 2 rings (SSSR count). The average molecular weight is 216 g/mol. The van der Waals surface area contributed by atoms with Crippen LogP contribution in [0.15, 0.2) is 36.9 Å². The minimum Gasteiger partial charge on any atom is -0.103 e. The van der Waals surface area contributed by atoms with Gasteiger partial charge in [0, 0.05) is 0 Å². The highest BCUT2D eigenvalue weighted by atomic mass is 14.2. The van der Waals surface area contributed by atoms with E-state index >= 15 is 0 Å². The van der Waals surface area contributed by atoms with Crippen molar-refractivity contribution in [2.24, 2.45) is 5.92 Å². The summed E-state index contributed by atoms with van der Waals surface area (Å²) in [6, 6.07) is 8.89. The van der Waals surface area contributed by atoms with Crippen molar-refractivity contribution in [3.8, 4) is 0 Å². The summed E-state index contributed by atoms with van der Waals surface area (Å²) >= 11 is 0. The van der Waals surface area contributed by atoms with Crippen LogP contribution in [0.25, 0.3) is 0 Å². The first-order valence-corrected chi connectivity index (χ1v) is 6.58. The first-order chi connectivity index (χ1) is 7.90. The quantitative estimate of drug-likeness (QED) is 0.493. The third kappa shape index (κ3) is 3.52. The highest BCUT2D eigenvalue weighted by molar-refractivity contribution is 5.28. The SMILES string of the molecule is C=CCC1CCCc2ccccc2C1.CC. The van der Waals surface area contributed by atoms with E-state index in [-0.39, 0.29) is 0 Å². The smallest absolute Gasteiger partial charge is 0.0245 e. The summed E-state index contributed by atoms with van der Waals surface area (Å²) in [6.45, 7) is 7.84. The molecule has 1 aromatic carbocycles. The molecule has 0 saturated heterocycles. The molecule has 1 aromatic rings. The van der Waals surface area contributed by atoms with Crippen LogP contribution < -0.4 is 0 Å². The van der Waals surface area contributed by atoms with Gasteiger partial charge in [-0.05, 0) is 49.1 Å². The Bertz CT molecular complexity index is 312. The Hall–Kier alpha value is -1.04. The molecule has 0 aliphatic heterocycles. The lowest BCUT2D eigenvalue weighted by atomic mass is 9.94. The molecule has 1 aliphatic carbocycles. The van der Waals surface area contributed by atoms with Gasteiger partial charge in [-0.25, -0.2) is 0 Å². The molecule has 0 saturated carbocycles. The first-order valence-electron chi connectivity index (χ1n) is 6.58. The average Bonchev–Trinajstić information content (AvgIpc) is 2.54. The van der Waals surface area contributed by atoms with Gasteiger partial charge in [0.1, 0.15) is 0 Å². The fourth-order valence-corrected chi connectivity index (χ4v) is 2.43. The second kappa shape index (κ2) is 7.27. The van der Waals surface area contributed by atoms with Crippen molar-refractivity contribution >= 4 is 0 Å². The molecule has 1 aliphatic rings. The normalized spacial score (nSPS) is 18.8. The minimum absolute atomic E-state index is 0.830. The topological polar surface area (TPSA) is 0 Å². The van der Waals surface area contributed by atoms with Gasteiger partial charge in [0.2, 0.25) is 0 Å². The Labute approximate surface area is 100 Å². The third-order valence-electron chi connectivity index (χ3n) is 3.19. The van der Waals surface area contributed by atoms with Crippen LogP contribution in [0.1, 0.15) is 44.2 Å². The Morgan fingerprint density at radius 1 is 1.25 bits per heavy atom. The van der Waals surface area contributed by atoms with Crippen molar-refractivity contribution in [1.82, 2.24) is 0 Å². The molecule has 16 heavy (non-hydrogen) atoms. The lowest BCUT2D eigenvalue weighted by Crippen LogP contribution is -2.01. The molecule has 0 heterocycles. The van der Waals surface area contributed by atoms with E-state index in [4.69, 9.17) is 0 Å². The van der Waals surface area contributed by atoms with Crippen LogP contribution in [0, 0.1) is 5.92 Å². The molecule has 0 bridgehead atoms. The van der Waals surface area contributed by atoms with E-state index in [1.165, 1.54) is 32.1 Å². The van der Waals surface area contributed by atoms with E-state index in [0.717, 1.165) is 5.92 Å². The lowest BCUT2D eigenvalue weighted by Gasteiger charge is -2.11. The van der Waals surface area contributed by atoms with Crippen molar-refractivity contribution in [2.75, 3.05) is 0 Å². The second-order valence-corrected chi connectivity index (χ2v) is 4.26. The van der Waals surface area contributed by atoms with Crippen LogP contribution in [0.5, 0.6) is 0 Å². The van der Waals surface area contributed by atoms with Crippen LogP contribution in [-0.2, 0) is 12.8 Å². The van der Waals surface area contributed by atoms with E-state index in [0.29, 0.717) is 0 Å². The Balaban J connectivity index is 0.000000606. The van der Waals surface area contributed by atoms with Crippen molar-refractivity contribution < 1.29 is 0 Å². The maximum absolute atomic E-state index is 3.84. The molecule has 0 N–H and O–H groups in total. The highest BCUT2D eigenvalue weighted by Gasteiger charge is 2.14. The number of allylic oxidation sites excluding steroid dienone is 1. The van der Waals surface area contributed by atoms with Gasteiger partial charge in [-0.15, -0.1) is 6.58 Å². The molecular weight excluding hydrogens is 192 g/mol. The van der Waals surface area contributed by atoms with Crippen molar-refractivity contribution in [3.05, 3.63) is 48.0 Å². The molecular formula is C16H24.